The summed E-state index contributed by atoms with van der Waals surface area (Å²) in [6, 6.07) is 12.3. The number of hydrogen-bond donors (Lipinski definition) is 1. The van der Waals surface area contributed by atoms with E-state index in [1.807, 2.05) is 24.3 Å². The number of benzene rings is 2. The van der Waals surface area contributed by atoms with Crippen molar-refractivity contribution in [1.82, 2.24) is 0 Å². The molecular formula is C15H12Br2ClNO2. The Labute approximate surface area is 144 Å². The quantitative estimate of drug-likeness (QED) is 0.675. The van der Waals surface area contributed by atoms with Crippen LogP contribution in [0.5, 0.6) is 0 Å². The van der Waals surface area contributed by atoms with E-state index in [4.69, 9.17) is 16.3 Å². The molecule has 0 bridgehead atoms. The molecule has 0 saturated heterocycles. The maximum absolute atomic E-state index is 12.0. The molecule has 3 nitrogen and oxygen atoms in total. The van der Waals surface area contributed by atoms with Crippen molar-refractivity contribution < 1.29 is 9.53 Å². The molecule has 21 heavy (non-hydrogen) atoms. The van der Waals surface area contributed by atoms with E-state index >= 15 is 0 Å². The predicted molar refractivity (Wildman–Crippen MR) is 91.7 cm³/mol. The Hall–Kier alpha value is -1.04. The summed E-state index contributed by atoms with van der Waals surface area (Å²) in [5, 5.41) is 3.75. The van der Waals surface area contributed by atoms with Crippen LogP contribution in [0.1, 0.15) is 11.6 Å². The number of ether oxygens (including phenoxy) is 1. The minimum absolute atomic E-state index is 0.368. The lowest BCUT2D eigenvalue weighted by molar-refractivity contribution is -0.141. The van der Waals surface area contributed by atoms with E-state index in [2.05, 4.69) is 37.2 Å². The Morgan fingerprint density at radius 2 is 1.86 bits per heavy atom. The third-order valence-electron chi connectivity index (χ3n) is 2.87. The first-order valence-corrected chi connectivity index (χ1v) is 8.02. The molecule has 1 atom stereocenters. The van der Waals surface area contributed by atoms with Gasteiger partial charge in [0.15, 0.2) is 6.04 Å². The van der Waals surface area contributed by atoms with Gasteiger partial charge in [-0.3, -0.25) is 0 Å². The number of carbonyl (C=O) groups excluding carboxylic acids is 1. The van der Waals surface area contributed by atoms with Crippen molar-refractivity contribution in [3.63, 3.8) is 0 Å². The number of nitrogens with one attached hydrogen (secondary N) is 1. The molecule has 6 heteroatoms. The molecule has 0 spiro atoms. The van der Waals surface area contributed by atoms with Gasteiger partial charge < -0.3 is 10.1 Å². The molecule has 110 valence electrons. The molecule has 0 aliphatic carbocycles. The third-order valence-corrected chi connectivity index (χ3v) is 4.61. The Morgan fingerprint density at radius 3 is 2.43 bits per heavy atom. The van der Waals surface area contributed by atoms with Crippen LogP contribution < -0.4 is 5.32 Å². The lowest BCUT2D eigenvalue weighted by atomic mass is 10.1. The highest BCUT2D eigenvalue weighted by Gasteiger charge is 2.22. The maximum Gasteiger partial charge on any atom is 0.332 e. The van der Waals surface area contributed by atoms with E-state index < -0.39 is 6.04 Å². The first-order chi connectivity index (χ1) is 10.0. The molecular weight excluding hydrogens is 421 g/mol. The van der Waals surface area contributed by atoms with Gasteiger partial charge in [-0.2, -0.15) is 0 Å². The summed E-state index contributed by atoms with van der Waals surface area (Å²) >= 11 is 12.7. The first-order valence-electron chi connectivity index (χ1n) is 6.06. The molecule has 0 amide bonds. The molecule has 0 fully saturated rings. The highest BCUT2D eigenvalue weighted by molar-refractivity contribution is 9.10. The number of carbonyl (C=O) groups is 1. The highest BCUT2D eigenvalue weighted by atomic mass is 79.9. The van der Waals surface area contributed by atoms with Crippen molar-refractivity contribution in [2.45, 2.75) is 6.04 Å². The molecule has 0 heterocycles. The van der Waals surface area contributed by atoms with Crippen LogP contribution >= 0.6 is 43.5 Å². The molecule has 2 rings (SSSR count). The number of hydrogen-bond acceptors (Lipinski definition) is 3. The van der Waals surface area contributed by atoms with Gasteiger partial charge in [-0.15, -0.1) is 0 Å². The summed E-state index contributed by atoms with van der Waals surface area (Å²) in [6.45, 7) is 0. The van der Waals surface area contributed by atoms with E-state index in [1.165, 1.54) is 7.11 Å². The van der Waals surface area contributed by atoms with E-state index in [-0.39, 0.29) is 5.97 Å². The molecule has 0 saturated carbocycles. The predicted octanol–water partition coefficient (Wildman–Crippen LogP) is 5.19. The SMILES string of the molecule is COC(=O)C(Nc1ccc(Br)cc1)c1ccc(Cl)c(Br)c1. The average molecular weight is 434 g/mol. The Bertz CT molecular complexity index is 647. The van der Waals surface area contributed by atoms with Crippen LogP contribution in [0.3, 0.4) is 0 Å². The van der Waals surface area contributed by atoms with Gasteiger partial charge >= 0.3 is 5.97 Å². The minimum Gasteiger partial charge on any atom is -0.467 e. The van der Waals surface area contributed by atoms with E-state index in [9.17, 15) is 4.79 Å². The van der Waals surface area contributed by atoms with Crippen LogP contribution in [0, 0.1) is 0 Å². The summed E-state index contributed by atoms with van der Waals surface area (Å²) in [6.07, 6.45) is 0. The van der Waals surface area contributed by atoms with E-state index in [1.54, 1.807) is 18.2 Å². The van der Waals surface area contributed by atoms with Gasteiger partial charge in [0.25, 0.3) is 0 Å². The number of rotatable bonds is 4. The summed E-state index contributed by atoms with van der Waals surface area (Å²) < 4.78 is 6.57. The minimum atomic E-state index is -0.607. The maximum atomic E-state index is 12.0. The number of esters is 1. The van der Waals surface area contributed by atoms with Crippen molar-refractivity contribution in [3.8, 4) is 0 Å². The molecule has 0 aliphatic heterocycles. The van der Waals surface area contributed by atoms with Gasteiger partial charge in [-0.1, -0.05) is 33.6 Å². The zero-order chi connectivity index (χ0) is 15.4. The normalized spacial score (nSPS) is 11.8. The van der Waals surface area contributed by atoms with Crippen molar-refractivity contribution in [3.05, 3.63) is 62.0 Å². The molecule has 0 radical (unpaired) electrons. The molecule has 2 aromatic carbocycles. The van der Waals surface area contributed by atoms with Crippen molar-refractivity contribution in [2.24, 2.45) is 0 Å². The topological polar surface area (TPSA) is 38.3 Å². The zero-order valence-corrected chi connectivity index (χ0v) is 15.0. The average Bonchev–Trinajstić information content (AvgIpc) is 2.49. The van der Waals surface area contributed by atoms with E-state index in [0.29, 0.717) is 5.02 Å². The fourth-order valence-electron chi connectivity index (χ4n) is 1.80. The van der Waals surface area contributed by atoms with Gasteiger partial charge in [-0.05, 0) is 57.9 Å². The van der Waals surface area contributed by atoms with Crippen molar-refractivity contribution >= 4 is 55.1 Å². The number of halogens is 3. The Kier molecular flexibility index (Phi) is 5.67. The van der Waals surface area contributed by atoms with Gasteiger partial charge in [0, 0.05) is 14.6 Å². The lowest BCUT2D eigenvalue weighted by Crippen LogP contribution is -2.22. The van der Waals surface area contributed by atoms with Crippen LogP contribution in [-0.2, 0) is 9.53 Å². The van der Waals surface area contributed by atoms with Gasteiger partial charge in [-0.25, -0.2) is 4.79 Å². The molecule has 0 aliphatic rings. The number of anilines is 1. The standard InChI is InChI=1S/C15H12Br2ClNO2/c1-21-15(20)14(9-2-7-13(18)12(17)8-9)19-11-5-3-10(16)4-6-11/h2-8,14,19H,1H3. The summed E-state index contributed by atoms with van der Waals surface area (Å²) in [4.78, 5) is 12.0. The first kappa shape index (κ1) is 16.3. The molecule has 2 aromatic rings. The van der Waals surface area contributed by atoms with Gasteiger partial charge in [0.05, 0.1) is 12.1 Å². The van der Waals surface area contributed by atoms with Crippen LogP contribution in [-0.4, -0.2) is 13.1 Å². The fourth-order valence-corrected chi connectivity index (χ4v) is 2.58. The monoisotopic (exact) mass is 431 g/mol. The van der Waals surface area contributed by atoms with Crippen LogP contribution in [0.2, 0.25) is 5.02 Å². The van der Waals surface area contributed by atoms with Crippen LogP contribution in [0.15, 0.2) is 51.4 Å². The van der Waals surface area contributed by atoms with Crippen LogP contribution in [0.25, 0.3) is 0 Å². The van der Waals surface area contributed by atoms with Gasteiger partial charge in [0.2, 0.25) is 0 Å². The second kappa shape index (κ2) is 7.29. The Balaban J connectivity index is 2.31. The summed E-state index contributed by atoms with van der Waals surface area (Å²) in [5.74, 6) is -0.368. The summed E-state index contributed by atoms with van der Waals surface area (Å²) in [7, 11) is 1.36. The molecule has 1 N–H and O–H groups in total. The van der Waals surface area contributed by atoms with Gasteiger partial charge in [0.1, 0.15) is 0 Å². The fraction of sp³-hybridized carbons (Fsp3) is 0.133. The Morgan fingerprint density at radius 1 is 1.19 bits per heavy atom. The van der Waals surface area contributed by atoms with Crippen molar-refractivity contribution in [1.29, 1.82) is 0 Å². The summed E-state index contributed by atoms with van der Waals surface area (Å²) in [5.41, 5.74) is 1.58. The molecule has 1 unspecified atom stereocenters. The van der Waals surface area contributed by atoms with Crippen LogP contribution in [0.4, 0.5) is 5.69 Å². The second-order valence-corrected chi connectivity index (χ2v) is 6.46. The van der Waals surface area contributed by atoms with E-state index in [0.717, 1.165) is 20.2 Å². The number of methoxy groups -OCH3 is 1. The smallest absolute Gasteiger partial charge is 0.332 e. The zero-order valence-electron chi connectivity index (χ0n) is 11.1. The largest absolute Gasteiger partial charge is 0.467 e. The molecule has 0 aromatic heterocycles. The third kappa shape index (κ3) is 4.22. The van der Waals surface area contributed by atoms with Crippen molar-refractivity contribution in [2.75, 3.05) is 12.4 Å². The lowest BCUT2D eigenvalue weighted by Gasteiger charge is -2.18. The second-order valence-electron chi connectivity index (χ2n) is 4.28. The highest BCUT2D eigenvalue weighted by Crippen LogP contribution is 2.28.